The van der Waals surface area contributed by atoms with E-state index < -0.39 is 15.8 Å². The number of nitrogens with one attached hydrogen (secondary N) is 1. The lowest BCUT2D eigenvalue weighted by atomic mass is 9.91. The van der Waals surface area contributed by atoms with Crippen molar-refractivity contribution in [1.29, 1.82) is 0 Å². The van der Waals surface area contributed by atoms with Crippen LogP contribution in [0.5, 0.6) is 0 Å². The molecule has 3 atom stereocenters. The van der Waals surface area contributed by atoms with Gasteiger partial charge in [-0.3, -0.25) is 19.3 Å². The molecule has 0 saturated carbocycles. The summed E-state index contributed by atoms with van der Waals surface area (Å²) in [5.41, 5.74) is 2.62. The Morgan fingerprint density at radius 3 is 2.48 bits per heavy atom. The van der Waals surface area contributed by atoms with Crippen molar-refractivity contribution >= 4 is 48.9 Å². The van der Waals surface area contributed by atoms with Gasteiger partial charge in [-0.05, 0) is 42.9 Å². The maximum Gasteiger partial charge on any atom is 0.224 e. The van der Waals surface area contributed by atoms with Gasteiger partial charge in [-0.2, -0.15) is 0 Å². The summed E-state index contributed by atoms with van der Waals surface area (Å²) in [4.78, 5) is 46.0. The summed E-state index contributed by atoms with van der Waals surface area (Å²) >= 11 is 1.58. The van der Waals surface area contributed by atoms with Crippen molar-refractivity contribution < 1.29 is 22.8 Å². The van der Waals surface area contributed by atoms with Crippen LogP contribution >= 0.6 is 11.3 Å². The van der Waals surface area contributed by atoms with Gasteiger partial charge in [0, 0.05) is 56.9 Å². The number of hydrogen-bond donors (Lipinski definition) is 1. The minimum Gasteiger partial charge on any atom is -0.353 e. The first-order valence-electron chi connectivity index (χ1n) is 15.3. The Morgan fingerprint density at radius 2 is 1.83 bits per heavy atom. The van der Waals surface area contributed by atoms with E-state index in [0.29, 0.717) is 44.5 Å². The number of aromatic nitrogens is 1. The number of rotatable bonds is 17. The highest BCUT2D eigenvalue weighted by Gasteiger charge is 2.28. The molecule has 1 N–H and O–H groups in total. The number of carbonyl (C=O) groups excluding carboxylic acids is 3. The summed E-state index contributed by atoms with van der Waals surface area (Å²) in [6, 6.07) is 6.02. The summed E-state index contributed by atoms with van der Waals surface area (Å²) in [7, 11) is -2.99. The number of carbonyl (C=O) groups is 3. The maximum atomic E-state index is 13.7. The predicted molar refractivity (Wildman–Crippen MR) is 171 cm³/mol. The number of hydrogen-bond acceptors (Lipinski definition) is 8. The van der Waals surface area contributed by atoms with Crippen LogP contribution in [0.1, 0.15) is 76.8 Å². The average molecular weight is 618 g/mol. The Morgan fingerprint density at radius 1 is 1.12 bits per heavy atom. The summed E-state index contributed by atoms with van der Waals surface area (Å²) in [6.45, 7) is 13.3. The van der Waals surface area contributed by atoms with Crippen molar-refractivity contribution in [3.8, 4) is 0 Å². The van der Waals surface area contributed by atoms with Crippen LogP contribution in [-0.2, 0) is 37.1 Å². The maximum absolute atomic E-state index is 13.7. The quantitative estimate of drug-likeness (QED) is 0.250. The molecule has 0 bridgehead atoms. The number of fused-ring (bicyclic) bond motifs is 1. The van der Waals surface area contributed by atoms with Crippen LogP contribution in [0.15, 0.2) is 30.4 Å². The largest absolute Gasteiger partial charge is 0.353 e. The second kappa shape index (κ2) is 15.9. The summed E-state index contributed by atoms with van der Waals surface area (Å²) < 4.78 is 24.5. The van der Waals surface area contributed by atoms with E-state index in [1.54, 1.807) is 11.3 Å². The monoisotopic (exact) mass is 617 g/mol. The van der Waals surface area contributed by atoms with Gasteiger partial charge >= 0.3 is 0 Å². The Kier molecular flexibility index (Phi) is 12.9. The molecule has 1 saturated heterocycles. The molecule has 0 aliphatic carbocycles. The normalized spacial score (nSPS) is 17.4. The highest BCUT2D eigenvalue weighted by molar-refractivity contribution is 7.91. The number of thiazole rings is 1. The third kappa shape index (κ3) is 10.1. The second-order valence-electron chi connectivity index (χ2n) is 11.7. The molecule has 1 amide bonds. The van der Waals surface area contributed by atoms with Crippen molar-refractivity contribution in [2.45, 2.75) is 85.1 Å². The van der Waals surface area contributed by atoms with E-state index in [4.69, 9.17) is 4.98 Å². The topological polar surface area (TPSA) is 114 Å². The van der Waals surface area contributed by atoms with Gasteiger partial charge in [0.25, 0.3) is 0 Å². The lowest BCUT2D eigenvalue weighted by molar-refractivity contribution is -0.130. The van der Waals surface area contributed by atoms with E-state index in [9.17, 15) is 22.8 Å². The molecule has 0 spiro atoms. The highest BCUT2D eigenvalue weighted by Crippen LogP contribution is 2.27. The number of sulfone groups is 1. The van der Waals surface area contributed by atoms with Crippen LogP contribution in [-0.4, -0.2) is 73.0 Å². The van der Waals surface area contributed by atoms with Gasteiger partial charge in [-0.25, -0.2) is 13.4 Å². The molecule has 8 nitrogen and oxygen atoms in total. The number of benzene rings is 1. The third-order valence-corrected chi connectivity index (χ3v) is 10.9. The van der Waals surface area contributed by atoms with E-state index in [1.165, 1.54) is 5.56 Å². The van der Waals surface area contributed by atoms with Crippen LogP contribution < -0.4 is 5.32 Å². The van der Waals surface area contributed by atoms with Gasteiger partial charge in [0.2, 0.25) is 5.91 Å². The molecule has 3 rings (SSSR count). The number of ketones is 2. The zero-order valence-electron chi connectivity index (χ0n) is 25.6. The van der Waals surface area contributed by atoms with Crippen molar-refractivity contribution in [3.63, 3.8) is 0 Å². The smallest absolute Gasteiger partial charge is 0.224 e. The summed E-state index contributed by atoms with van der Waals surface area (Å²) in [6.07, 6.45) is 4.25. The predicted octanol–water partition coefficient (Wildman–Crippen LogP) is 4.94. The Bertz CT molecular complexity index is 1350. The molecule has 1 aliphatic rings. The number of amides is 1. The second-order valence-corrected chi connectivity index (χ2v) is 15.1. The molecule has 232 valence electrons. The Hall–Kier alpha value is -2.43. The first-order chi connectivity index (χ1) is 19.9. The van der Waals surface area contributed by atoms with Crippen molar-refractivity contribution in [2.75, 3.05) is 31.1 Å². The van der Waals surface area contributed by atoms with Crippen molar-refractivity contribution in [2.24, 2.45) is 11.8 Å². The molecule has 1 fully saturated rings. The fourth-order valence-corrected chi connectivity index (χ4v) is 7.65. The van der Waals surface area contributed by atoms with Crippen LogP contribution in [0, 0.1) is 11.8 Å². The minimum atomic E-state index is -2.99. The number of aryl methyl sites for hydroxylation is 1. The van der Waals surface area contributed by atoms with Crippen LogP contribution in [0.25, 0.3) is 10.2 Å². The minimum absolute atomic E-state index is 0.0680. The van der Waals surface area contributed by atoms with E-state index in [0.717, 1.165) is 34.5 Å². The molecule has 1 aliphatic heterocycles. The summed E-state index contributed by atoms with van der Waals surface area (Å²) in [5, 5.41) is 4.05. The molecule has 1 aromatic heterocycles. The molecule has 1 aromatic carbocycles. The van der Waals surface area contributed by atoms with E-state index in [-0.39, 0.29) is 53.8 Å². The molecule has 2 aromatic rings. The fraction of sp³-hybridized carbons (Fsp3) is 0.625. The Labute approximate surface area is 255 Å². The molecule has 0 unspecified atom stereocenters. The number of nitrogens with zero attached hydrogens (tertiary/aromatic N) is 2. The third-order valence-electron chi connectivity index (χ3n) is 8.29. The first-order valence-corrected chi connectivity index (χ1v) is 17.9. The van der Waals surface area contributed by atoms with Crippen LogP contribution in [0.2, 0.25) is 0 Å². The van der Waals surface area contributed by atoms with Crippen molar-refractivity contribution in [1.82, 2.24) is 15.2 Å². The van der Waals surface area contributed by atoms with E-state index in [1.807, 2.05) is 17.9 Å². The van der Waals surface area contributed by atoms with Gasteiger partial charge < -0.3 is 5.32 Å². The lowest BCUT2D eigenvalue weighted by Gasteiger charge is -2.28. The summed E-state index contributed by atoms with van der Waals surface area (Å²) in [5.74, 6) is -0.332. The molecule has 0 radical (unpaired) electrons. The fourth-order valence-electron chi connectivity index (χ4n) is 5.26. The molecule has 2 heterocycles. The van der Waals surface area contributed by atoms with Gasteiger partial charge in [0.05, 0.1) is 32.6 Å². The molecule has 42 heavy (non-hydrogen) atoms. The van der Waals surface area contributed by atoms with E-state index in [2.05, 4.69) is 44.8 Å². The van der Waals surface area contributed by atoms with E-state index >= 15 is 0 Å². The zero-order chi connectivity index (χ0) is 30.9. The first kappa shape index (κ1) is 34.1. The van der Waals surface area contributed by atoms with Gasteiger partial charge in [-0.15, -0.1) is 11.3 Å². The van der Waals surface area contributed by atoms with Gasteiger partial charge in [0.15, 0.2) is 15.6 Å². The lowest BCUT2D eigenvalue weighted by Crippen LogP contribution is -2.44. The van der Waals surface area contributed by atoms with Crippen molar-refractivity contribution in [3.05, 3.63) is 40.9 Å². The average Bonchev–Trinajstić information content (AvgIpc) is 3.36. The molecular weight excluding hydrogens is 571 g/mol. The molecule has 10 heteroatoms. The standard InChI is InChI=1S/C32H47N3O5S2/c1-6-9-26(36)19-25(20-31-33-28-11-10-24(8-3)18-30(28)41-31)32(38)34-27(22(4)7-2)12-13-29(37)23(5)21-35-14-16-42(39,40)17-15-35/h10-11,18,22,25,27H,5-9,12-17,19-21H2,1-4H3,(H,34,38)/t22-,25-,27+/m0/s1. The van der Waals surface area contributed by atoms with Crippen LogP contribution in [0.4, 0.5) is 0 Å². The van der Waals surface area contributed by atoms with Gasteiger partial charge in [0.1, 0.15) is 5.78 Å². The van der Waals surface area contributed by atoms with Crippen LogP contribution in [0.3, 0.4) is 0 Å². The number of Topliss-reactive ketones (excluding diaryl/α,β-unsaturated/α-hetero) is 2. The Balaban J connectivity index is 1.66. The molecular formula is C32H47N3O5S2. The SMILES string of the molecule is C=C(CN1CCS(=O)(=O)CC1)C(=O)CC[C@@H](NC(=O)[C@@H](CC(=O)CCC)Cc1nc2ccc(CC)cc2s1)[C@@H](C)CC. The highest BCUT2D eigenvalue weighted by atomic mass is 32.2. The zero-order valence-corrected chi connectivity index (χ0v) is 27.2. The van der Waals surface area contributed by atoms with Gasteiger partial charge in [-0.1, -0.05) is 46.8 Å².